The predicted octanol–water partition coefficient (Wildman–Crippen LogP) is 1.24. The molecule has 0 saturated carbocycles. The number of likely N-dealkylation sites (N-methyl/N-ethyl adjacent to an activating group) is 1. The summed E-state index contributed by atoms with van der Waals surface area (Å²) in [6.07, 6.45) is 1.99. The van der Waals surface area contributed by atoms with Crippen LogP contribution in [0.4, 0.5) is 0 Å². The number of benzene rings is 1. The van der Waals surface area contributed by atoms with Gasteiger partial charge in [-0.2, -0.15) is 0 Å². The van der Waals surface area contributed by atoms with Crippen molar-refractivity contribution in [2.75, 3.05) is 27.2 Å². The molecule has 4 heteroatoms. The molecular weight excluding hydrogens is 238 g/mol. The zero-order valence-corrected chi connectivity index (χ0v) is 11.7. The molecule has 0 aliphatic carbocycles. The van der Waals surface area contributed by atoms with Crippen molar-refractivity contribution in [2.24, 2.45) is 5.73 Å². The molecule has 2 atom stereocenters. The van der Waals surface area contributed by atoms with Crippen LogP contribution in [0, 0.1) is 0 Å². The van der Waals surface area contributed by atoms with Crippen LogP contribution < -0.4 is 5.73 Å². The minimum absolute atomic E-state index is 0.0243. The summed E-state index contributed by atoms with van der Waals surface area (Å²) in [4.78, 5) is 16.2. The van der Waals surface area contributed by atoms with Crippen molar-refractivity contribution < 1.29 is 4.79 Å². The minimum atomic E-state index is -0.0243. The summed E-state index contributed by atoms with van der Waals surface area (Å²) in [7, 11) is 3.64. The first-order valence-electron chi connectivity index (χ1n) is 6.87. The van der Waals surface area contributed by atoms with Gasteiger partial charge in [0.15, 0.2) is 0 Å². The quantitative estimate of drug-likeness (QED) is 0.887. The largest absolute Gasteiger partial charge is 0.347 e. The van der Waals surface area contributed by atoms with Crippen LogP contribution >= 0.6 is 0 Å². The zero-order valence-electron chi connectivity index (χ0n) is 11.7. The fraction of sp³-hybridized carbons (Fsp3) is 0.533. The maximum absolute atomic E-state index is 12.3. The van der Waals surface area contributed by atoms with Gasteiger partial charge in [-0.15, -0.1) is 0 Å². The maximum atomic E-state index is 12.3. The summed E-state index contributed by atoms with van der Waals surface area (Å²) in [5, 5.41) is 0. The molecule has 1 saturated heterocycles. The van der Waals surface area contributed by atoms with Gasteiger partial charge in [-0.05, 0) is 24.9 Å². The number of likely N-dealkylation sites (tertiary alicyclic amines) is 1. The second kappa shape index (κ2) is 6.17. The fourth-order valence-corrected chi connectivity index (χ4v) is 2.86. The molecule has 1 aliphatic rings. The van der Waals surface area contributed by atoms with Gasteiger partial charge in [-0.1, -0.05) is 30.3 Å². The Hall–Kier alpha value is -1.39. The number of hydrogen-bond donors (Lipinski definition) is 1. The smallest absolute Gasteiger partial charge is 0.239 e. The molecule has 0 aromatic heterocycles. The van der Waals surface area contributed by atoms with Gasteiger partial charge in [0.05, 0.1) is 6.04 Å². The van der Waals surface area contributed by atoms with Crippen molar-refractivity contribution in [3.63, 3.8) is 0 Å². The minimum Gasteiger partial charge on any atom is -0.347 e. The third-order valence-electron chi connectivity index (χ3n) is 3.83. The van der Waals surface area contributed by atoms with E-state index in [2.05, 4.69) is 17.0 Å². The molecule has 1 aliphatic heterocycles. The van der Waals surface area contributed by atoms with Crippen LogP contribution in [0.1, 0.15) is 24.4 Å². The number of carbonyl (C=O) groups is 1. The van der Waals surface area contributed by atoms with Crippen LogP contribution in [0.3, 0.4) is 0 Å². The molecule has 2 unspecified atom stereocenters. The summed E-state index contributed by atoms with van der Waals surface area (Å²) in [6.45, 7) is 1.49. The Morgan fingerprint density at radius 3 is 2.68 bits per heavy atom. The van der Waals surface area contributed by atoms with E-state index in [9.17, 15) is 4.79 Å². The summed E-state index contributed by atoms with van der Waals surface area (Å²) < 4.78 is 0. The highest BCUT2D eigenvalue weighted by molar-refractivity contribution is 5.81. The molecule has 2 N–H and O–H groups in total. The number of rotatable bonds is 4. The van der Waals surface area contributed by atoms with Gasteiger partial charge in [0.25, 0.3) is 0 Å². The standard InChI is InChI=1S/C15H23N3O/c1-17(2)15(19)13-9-6-10-18(13)14(11-16)12-7-4-3-5-8-12/h3-5,7-8,13-14H,6,9-11,16H2,1-2H3. The highest BCUT2D eigenvalue weighted by Gasteiger charge is 2.36. The van der Waals surface area contributed by atoms with Gasteiger partial charge < -0.3 is 10.6 Å². The van der Waals surface area contributed by atoms with Gasteiger partial charge in [-0.25, -0.2) is 0 Å². The van der Waals surface area contributed by atoms with Crippen molar-refractivity contribution in [1.82, 2.24) is 9.80 Å². The normalized spacial score (nSPS) is 21.3. The van der Waals surface area contributed by atoms with Crippen molar-refractivity contribution in [1.29, 1.82) is 0 Å². The van der Waals surface area contributed by atoms with Crippen LogP contribution in [0.2, 0.25) is 0 Å². The maximum Gasteiger partial charge on any atom is 0.239 e. The summed E-state index contributed by atoms with van der Waals surface area (Å²) in [5.41, 5.74) is 7.15. The van der Waals surface area contributed by atoms with E-state index in [4.69, 9.17) is 5.73 Å². The SMILES string of the molecule is CN(C)C(=O)C1CCCN1C(CN)c1ccccc1. The Labute approximate surface area is 115 Å². The Balaban J connectivity index is 2.20. The van der Waals surface area contributed by atoms with Crippen LogP contribution in [-0.2, 0) is 4.79 Å². The average Bonchev–Trinajstić information content (AvgIpc) is 2.89. The Bertz CT molecular complexity index is 419. The van der Waals surface area contributed by atoms with Crippen molar-refractivity contribution in [3.05, 3.63) is 35.9 Å². The van der Waals surface area contributed by atoms with Crippen LogP contribution in [0.5, 0.6) is 0 Å². The Morgan fingerprint density at radius 1 is 1.42 bits per heavy atom. The summed E-state index contributed by atoms with van der Waals surface area (Å²) in [5.74, 6) is 0.187. The first-order valence-corrected chi connectivity index (χ1v) is 6.87. The van der Waals surface area contributed by atoms with Crippen molar-refractivity contribution >= 4 is 5.91 Å². The van der Waals surface area contributed by atoms with E-state index in [1.54, 1.807) is 4.90 Å². The number of hydrogen-bond acceptors (Lipinski definition) is 3. The zero-order chi connectivity index (χ0) is 13.8. The molecule has 1 amide bonds. The van der Waals surface area contributed by atoms with E-state index in [0.717, 1.165) is 19.4 Å². The van der Waals surface area contributed by atoms with Gasteiger partial charge in [-0.3, -0.25) is 9.69 Å². The van der Waals surface area contributed by atoms with E-state index in [-0.39, 0.29) is 18.0 Å². The van der Waals surface area contributed by atoms with Crippen LogP contribution in [-0.4, -0.2) is 48.9 Å². The molecule has 2 rings (SSSR count). The molecule has 1 heterocycles. The lowest BCUT2D eigenvalue weighted by atomic mass is 10.0. The molecule has 0 radical (unpaired) electrons. The monoisotopic (exact) mass is 261 g/mol. The highest BCUT2D eigenvalue weighted by atomic mass is 16.2. The number of nitrogens with zero attached hydrogens (tertiary/aromatic N) is 2. The molecule has 104 valence electrons. The average molecular weight is 261 g/mol. The van der Waals surface area contributed by atoms with E-state index in [0.29, 0.717) is 6.54 Å². The highest BCUT2D eigenvalue weighted by Crippen LogP contribution is 2.29. The molecular formula is C15H23N3O. The molecule has 1 aromatic rings. The molecule has 4 nitrogen and oxygen atoms in total. The molecule has 0 bridgehead atoms. The van der Waals surface area contributed by atoms with E-state index in [1.807, 2.05) is 32.3 Å². The van der Waals surface area contributed by atoms with Crippen LogP contribution in [0.15, 0.2) is 30.3 Å². The van der Waals surface area contributed by atoms with E-state index < -0.39 is 0 Å². The molecule has 1 fully saturated rings. The molecule has 1 aromatic carbocycles. The second-order valence-corrected chi connectivity index (χ2v) is 5.29. The van der Waals surface area contributed by atoms with Gasteiger partial charge in [0.1, 0.15) is 0 Å². The van der Waals surface area contributed by atoms with Gasteiger partial charge in [0, 0.05) is 26.7 Å². The van der Waals surface area contributed by atoms with Crippen molar-refractivity contribution in [3.8, 4) is 0 Å². The summed E-state index contributed by atoms with van der Waals surface area (Å²) in [6, 6.07) is 10.3. The van der Waals surface area contributed by atoms with Crippen molar-refractivity contribution in [2.45, 2.75) is 24.9 Å². The lowest BCUT2D eigenvalue weighted by Crippen LogP contribution is -2.45. The third kappa shape index (κ3) is 2.96. The fourth-order valence-electron chi connectivity index (χ4n) is 2.86. The Morgan fingerprint density at radius 2 is 2.11 bits per heavy atom. The lowest BCUT2D eigenvalue weighted by molar-refractivity contribution is -0.134. The molecule has 0 spiro atoms. The first kappa shape index (κ1) is 14.0. The Kier molecular flexibility index (Phi) is 4.56. The number of nitrogens with two attached hydrogens (primary N) is 1. The first-order chi connectivity index (χ1) is 9.15. The predicted molar refractivity (Wildman–Crippen MR) is 76.7 cm³/mol. The van der Waals surface area contributed by atoms with Gasteiger partial charge in [0.2, 0.25) is 5.91 Å². The topological polar surface area (TPSA) is 49.6 Å². The number of amides is 1. The summed E-state index contributed by atoms with van der Waals surface area (Å²) >= 11 is 0. The van der Waals surface area contributed by atoms with E-state index in [1.165, 1.54) is 5.56 Å². The lowest BCUT2D eigenvalue weighted by Gasteiger charge is -2.33. The van der Waals surface area contributed by atoms with Gasteiger partial charge >= 0.3 is 0 Å². The number of carbonyl (C=O) groups excluding carboxylic acids is 1. The van der Waals surface area contributed by atoms with E-state index >= 15 is 0 Å². The third-order valence-corrected chi connectivity index (χ3v) is 3.83. The second-order valence-electron chi connectivity index (χ2n) is 5.29. The molecule has 19 heavy (non-hydrogen) atoms. The van der Waals surface area contributed by atoms with Crippen LogP contribution in [0.25, 0.3) is 0 Å².